The number of fused-ring (bicyclic) bond motifs is 2. The van der Waals surface area contributed by atoms with Crippen molar-refractivity contribution in [2.75, 3.05) is 13.7 Å². The quantitative estimate of drug-likeness (QED) is 0.293. The van der Waals surface area contributed by atoms with Gasteiger partial charge in [0.25, 0.3) is 0 Å². The summed E-state index contributed by atoms with van der Waals surface area (Å²) in [6.07, 6.45) is 6.94. The van der Waals surface area contributed by atoms with Crippen LogP contribution in [-0.2, 0) is 19.1 Å². The molecule has 3 N–H and O–H groups in total. The van der Waals surface area contributed by atoms with Crippen molar-refractivity contribution in [3.05, 3.63) is 53.9 Å². The Morgan fingerprint density at radius 3 is 2.52 bits per heavy atom. The minimum Gasteiger partial charge on any atom is -0.497 e. The summed E-state index contributed by atoms with van der Waals surface area (Å²) in [6.45, 7) is 5.31. The number of ether oxygens (including phenoxy) is 2. The lowest BCUT2D eigenvalue weighted by molar-refractivity contribution is -0.145. The molecule has 14 heteroatoms. The van der Waals surface area contributed by atoms with Gasteiger partial charge in [-0.05, 0) is 82.2 Å². The third-order valence-corrected chi connectivity index (χ3v) is 10.3. The molecule has 1 saturated heterocycles. The van der Waals surface area contributed by atoms with E-state index < -0.39 is 53.1 Å². The van der Waals surface area contributed by atoms with Gasteiger partial charge in [-0.25, -0.2) is 9.59 Å². The summed E-state index contributed by atoms with van der Waals surface area (Å²) in [4.78, 5) is 57.9. The number of methoxy groups -OCH3 is 1. The van der Waals surface area contributed by atoms with Crippen LogP contribution in [0, 0.1) is 5.92 Å². The number of carbonyl (C=O) groups is 4. The van der Waals surface area contributed by atoms with E-state index in [4.69, 9.17) is 19.7 Å². The van der Waals surface area contributed by atoms with Crippen molar-refractivity contribution in [2.24, 2.45) is 5.92 Å². The normalized spacial score (nSPS) is 26.4. The van der Waals surface area contributed by atoms with Crippen molar-refractivity contribution in [3.63, 3.8) is 0 Å². The monoisotopic (exact) mass is 704 g/mol. The van der Waals surface area contributed by atoms with Crippen molar-refractivity contribution in [3.8, 4) is 27.6 Å². The number of carboxylic acids is 1. The third kappa shape index (κ3) is 7.54. The molecule has 2 fully saturated rings. The van der Waals surface area contributed by atoms with E-state index in [2.05, 4.69) is 10.6 Å². The molecule has 0 spiro atoms. The van der Waals surface area contributed by atoms with E-state index in [0.29, 0.717) is 30.0 Å². The molecule has 1 aliphatic carbocycles. The van der Waals surface area contributed by atoms with Gasteiger partial charge in [0.05, 0.1) is 18.0 Å². The first-order chi connectivity index (χ1) is 23.9. The average molecular weight is 705 g/mol. The van der Waals surface area contributed by atoms with Crippen LogP contribution in [0.4, 0.5) is 4.79 Å². The maximum absolute atomic E-state index is 14.4. The molecule has 4 heterocycles. The Kier molecular flexibility index (Phi) is 10.0. The van der Waals surface area contributed by atoms with Gasteiger partial charge in [-0.3, -0.25) is 9.59 Å². The van der Waals surface area contributed by atoms with Crippen LogP contribution >= 0.6 is 11.3 Å². The van der Waals surface area contributed by atoms with Gasteiger partial charge in [0.2, 0.25) is 11.8 Å². The maximum atomic E-state index is 14.4. The number of benzene rings is 1. The van der Waals surface area contributed by atoms with Crippen LogP contribution in [0.15, 0.2) is 53.9 Å². The number of hydrogen-bond acceptors (Lipinski definition) is 9. The lowest BCUT2D eigenvalue weighted by Gasteiger charge is -2.30. The number of rotatable bonds is 6. The highest BCUT2D eigenvalue weighted by Crippen LogP contribution is 2.46. The lowest BCUT2D eigenvalue weighted by Crippen LogP contribution is -2.56. The van der Waals surface area contributed by atoms with Gasteiger partial charge in [0.1, 0.15) is 40.4 Å². The number of thiophene rings is 1. The van der Waals surface area contributed by atoms with Gasteiger partial charge < -0.3 is 30.1 Å². The summed E-state index contributed by atoms with van der Waals surface area (Å²) in [7, 11) is 1.60. The molecule has 13 nitrogen and oxygen atoms in total. The van der Waals surface area contributed by atoms with Gasteiger partial charge in [-0.2, -0.15) is 15.0 Å². The Labute approximate surface area is 295 Å². The molecule has 1 aromatic carbocycles. The molecule has 3 aliphatic rings. The SMILES string of the molecule is COc1ccc(-c2nn([C@H]3C[C@H]4C(=O)N[C@@]5(C(=O)O)C[C@@H]5/C=C\CCCCC[C@@H](NC(=O)OC(C)(C)C)C(=O)N4C3)nc2-c2cccs2)cc1. The number of aliphatic carboxylic acids is 1. The van der Waals surface area contributed by atoms with E-state index in [-0.39, 0.29) is 25.3 Å². The number of nitrogens with zero attached hydrogens (tertiary/aromatic N) is 4. The highest BCUT2D eigenvalue weighted by atomic mass is 32.1. The molecule has 0 unspecified atom stereocenters. The fourth-order valence-corrected chi connectivity index (χ4v) is 7.41. The predicted octanol–water partition coefficient (Wildman–Crippen LogP) is 5.20. The van der Waals surface area contributed by atoms with Crippen LogP contribution in [-0.4, -0.2) is 85.8 Å². The zero-order valence-electron chi connectivity index (χ0n) is 28.8. The van der Waals surface area contributed by atoms with E-state index in [0.717, 1.165) is 29.7 Å². The topological polar surface area (TPSA) is 165 Å². The van der Waals surface area contributed by atoms with Crippen molar-refractivity contribution < 1.29 is 33.8 Å². The molecule has 2 aromatic heterocycles. The molecule has 0 bridgehead atoms. The molecule has 6 rings (SSSR count). The summed E-state index contributed by atoms with van der Waals surface area (Å²) >= 11 is 1.52. The number of nitrogens with one attached hydrogen (secondary N) is 2. The number of carbonyl (C=O) groups excluding carboxylic acids is 3. The molecule has 5 atom stereocenters. The zero-order valence-corrected chi connectivity index (χ0v) is 29.6. The lowest BCUT2D eigenvalue weighted by atomic mass is 10.0. The molecular weight excluding hydrogens is 660 g/mol. The Balaban J connectivity index is 1.35. The highest BCUT2D eigenvalue weighted by molar-refractivity contribution is 7.13. The summed E-state index contributed by atoms with van der Waals surface area (Å²) in [5, 5.41) is 27.6. The second kappa shape index (κ2) is 14.3. The number of hydrogen-bond donors (Lipinski definition) is 3. The van der Waals surface area contributed by atoms with Crippen LogP contribution in [0.2, 0.25) is 0 Å². The van der Waals surface area contributed by atoms with Crippen LogP contribution in [0.5, 0.6) is 5.75 Å². The molecule has 266 valence electrons. The van der Waals surface area contributed by atoms with Crippen molar-refractivity contribution in [2.45, 2.75) is 95.0 Å². The van der Waals surface area contributed by atoms with Crippen LogP contribution in [0.3, 0.4) is 0 Å². The minimum absolute atomic E-state index is 0.0768. The van der Waals surface area contributed by atoms with E-state index in [1.165, 1.54) is 16.2 Å². The Hall–Kier alpha value is -4.72. The number of amides is 3. The zero-order chi connectivity index (χ0) is 35.6. The summed E-state index contributed by atoms with van der Waals surface area (Å²) in [5.41, 5.74) is -0.100. The minimum atomic E-state index is -1.44. The second-order valence-electron chi connectivity index (χ2n) is 14.2. The van der Waals surface area contributed by atoms with Gasteiger partial charge in [-0.1, -0.05) is 31.1 Å². The Morgan fingerprint density at radius 1 is 1.08 bits per heavy atom. The largest absolute Gasteiger partial charge is 0.497 e. The number of alkyl carbamates (subject to hydrolysis) is 1. The first-order valence-corrected chi connectivity index (χ1v) is 17.9. The molecule has 3 aromatic rings. The fraction of sp³-hybridized carbons (Fsp3) is 0.500. The summed E-state index contributed by atoms with van der Waals surface area (Å²) < 4.78 is 10.8. The van der Waals surface area contributed by atoms with Crippen LogP contribution < -0.4 is 15.4 Å². The van der Waals surface area contributed by atoms with E-state index in [9.17, 15) is 24.3 Å². The van der Waals surface area contributed by atoms with E-state index in [1.54, 1.807) is 32.7 Å². The highest BCUT2D eigenvalue weighted by Gasteiger charge is 2.61. The van der Waals surface area contributed by atoms with E-state index in [1.807, 2.05) is 53.9 Å². The van der Waals surface area contributed by atoms with Gasteiger partial charge in [-0.15, -0.1) is 11.3 Å². The van der Waals surface area contributed by atoms with Crippen molar-refractivity contribution in [1.29, 1.82) is 0 Å². The molecule has 2 aliphatic heterocycles. The smallest absolute Gasteiger partial charge is 0.408 e. The first kappa shape index (κ1) is 35.1. The van der Waals surface area contributed by atoms with Gasteiger partial charge >= 0.3 is 12.1 Å². The molecule has 1 saturated carbocycles. The number of carboxylic acid groups (broad SMARTS) is 1. The Bertz CT molecular complexity index is 1750. The number of aromatic nitrogens is 3. The first-order valence-electron chi connectivity index (χ1n) is 17.1. The van der Waals surface area contributed by atoms with Crippen molar-refractivity contribution >= 4 is 35.2 Å². The van der Waals surface area contributed by atoms with Crippen LogP contribution in [0.25, 0.3) is 21.8 Å². The van der Waals surface area contributed by atoms with Crippen molar-refractivity contribution in [1.82, 2.24) is 30.5 Å². The standard InChI is InChI=1S/C36H44N6O7S/c1-35(2,3)49-34(47)37-26-12-9-7-5-6-8-11-23-20-36(23,33(45)46)38-31(43)27-19-24(21-41(27)32(26)44)42-39-29(22-14-16-25(48-4)17-15-22)30(40-42)28-13-10-18-50-28/h8,10-11,13-18,23-24,26-27H,5-7,9,12,19-21H2,1-4H3,(H,37,47)(H,38,43)(H,45,46)/b11-8-/t23-,24-,26+,27-,36-/m0/s1. The molecule has 50 heavy (non-hydrogen) atoms. The van der Waals surface area contributed by atoms with Gasteiger partial charge in [0.15, 0.2) is 0 Å². The number of allylic oxidation sites excluding steroid dienone is 1. The summed E-state index contributed by atoms with van der Waals surface area (Å²) in [6, 6.07) is 8.89. The van der Waals surface area contributed by atoms with Crippen LogP contribution in [0.1, 0.15) is 71.8 Å². The van der Waals surface area contributed by atoms with Gasteiger partial charge in [0, 0.05) is 24.4 Å². The maximum Gasteiger partial charge on any atom is 0.408 e. The Morgan fingerprint density at radius 2 is 1.84 bits per heavy atom. The third-order valence-electron chi connectivity index (χ3n) is 9.40. The fourth-order valence-electron chi connectivity index (χ4n) is 6.70. The predicted molar refractivity (Wildman–Crippen MR) is 186 cm³/mol. The molecule has 3 amide bonds. The average Bonchev–Trinajstić information content (AvgIpc) is 3.52. The summed E-state index contributed by atoms with van der Waals surface area (Å²) in [5.74, 6) is -1.76. The molecule has 0 radical (unpaired) electrons. The molecular formula is C36H44N6O7S. The van der Waals surface area contributed by atoms with E-state index >= 15 is 0 Å². The second-order valence-corrected chi connectivity index (χ2v) is 15.1.